The standard InChI is InChI=1S/C33H31N5O6S/c1-16-9-18(14-34)10-17(2)28(16)38-31(40)23-12-24-26(44-7-5-19-6-8-45-30(19)24)13-22(23)21-3-4-25(37-29(21)33(42)43)32(41)36-20-11-27(39)35-15-20/h3-4,6,8-10,12-13,20H,5,7,11,14-15,34H2,1-2H3,(H,35,39)(H,36,41)(H,38,40)(H,42,43). The van der Waals surface area contributed by atoms with Crippen molar-refractivity contribution in [2.24, 2.45) is 5.73 Å². The molecule has 0 saturated carbocycles. The van der Waals surface area contributed by atoms with E-state index in [0.29, 0.717) is 36.6 Å². The van der Waals surface area contributed by atoms with Crippen LogP contribution < -0.4 is 26.4 Å². The summed E-state index contributed by atoms with van der Waals surface area (Å²) in [6.07, 6.45) is 0.813. The van der Waals surface area contributed by atoms with E-state index in [2.05, 4.69) is 20.9 Å². The van der Waals surface area contributed by atoms with Crippen molar-refractivity contribution in [2.75, 3.05) is 18.5 Å². The molecule has 4 heterocycles. The normalized spacial score (nSPS) is 15.3. The Morgan fingerprint density at radius 1 is 1.07 bits per heavy atom. The number of fused-ring (bicyclic) bond motifs is 3. The highest BCUT2D eigenvalue weighted by molar-refractivity contribution is 7.13. The third-order valence-corrected chi connectivity index (χ3v) is 8.97. The molecule has 1 atom stereocenters. The number of carbonyl (C=O) groups is 4. The van der Waals surface area contributed by atoms with Gasteiger partial charge in [0.25, 0.3) is 11.8 Å². The minimum absolute atomic E-state index is 0.123. The number of amides is 3. The maximum Gasteiger partial charge on any atom is 0.355 e. The number of hydrogen-bond acceptors (Lipinski definition) is 8. The van der Waals surface area contributed by atoms with Crippen LogP contribution >= 0.6 is 11.3 Å². The van der Waals surface area contributed by atoms with Crippen molar-refractivity contribution in [3.05, 3.63) is 87.0 Å². The highest BCUT2D eigenvalue weighted by Crippen LogP contribution is 2.43. The van der Waals surface area contributed by atoms with E-state index in [1.54, 1.807) is 23.5 Å². The molecule has 2 aliphatic rings. The number of nitrogens with zero attached hydrogens (tertiary/aromatic N) is 1. The zero-order valence-corrected chi connectivity index (χ0v) is 25.5. The molecule has 0 radical (unpaired) electrons. The van der Waals surface area contributed by atoms with Crippen molar-refractivity contribution in [3.63, 3.8) is 0 Å². The van der Waals surface area contributed by atoms with Gasteiger partial charge in [-0.15, -0.1) is 11.3 Å². The lowest BCUT2D eigenvalue weighted by Gasteiger charge is -2.19. The number of anilines is 1. The van der Waals surface area contributed by atoms with Crippen molar-refractivity contribution in [3.8, 4) is 27.3 Å². The van der Waals surface area contributed by atoms with Gasteiger partial charge in [0.05, 0.1) is 12.6 Å². The van der Waals surface area contributed by atoms with Gasteiger partial charge in [-0.1, -0.05) is 12.1 Å². The summed E-state index contributed by atoms with van der Waals surface area (Å²) in [4.78, 5) is 56.4. The molecule has 1 fully saturated rings. The summed E-state index contributed by atoms with van der Waals surface area (Å²) >= 11 is 1.54. The molecule has 2 aromatic carbocycles. The Balaban J connectivity index is 1.46. The lowest BCUT2D eigenvalue weighted by atomic mass is 9.93. The summed E-state index contributed by atoms with van der Waals surface area (Å²) in [6, 6.07) is 11.7. The molecule has 1 saturated heterocycles. The number of thiophene rings is 1. The Morgan fingerprint density at radius 2 is 1.84 bits per heavy atom. The number of aryl methyl sites for hydroxylation is 2. The molecule has 11 nitrogen and oxygen atoms in total. The van der Waals surface area contributed by atoms with Crippen molar-refractivity contribution in [1.29, 1.82) is 0 Å². The molecule has 4 aromatic rings. The Kier molecular flexibility index (Phi) is 8.09. The van der Waals surface area contributed by atoms with Crippen LogP contribution in [0.1, 0.15) is 60.0 Å². The van der Waals surface area contributed by atoms with E-state index >= 15 is 0 Å². The summed E-state index contributed by atoms with van der Waals surface area (Å²) < 4.78 is 6.11. The van der Waals surface area contributed by atoms with Crippen LogP contribution in [0.3, 0.4) is 0 Å². The second-order valence-corrected chi connectivity index (χ2v) is 12.0. The van der Waals surface area contributed by atoms with Gasteiger partial charge in [-0.25, -0.2) is 9.78 Å². The number of nitrogens with two attached hydrogens (primary N) is 1. The minimum Gasteiger partial charge on any atom is -0.493 e. The second-order valence-electron chi connectivity index (χ2n) is 11.1. The van der Waals surface area contributed by atoms with Gasteiger partial charge in [0.1, 0.15) is 11.4 Å². The highest BCUT2D eigenvalue weighted by atomic mass is 32.1. The van der Waals surface area contributed by atoms with Crippen LogP contribution in [0, 0.1) is 13.8 Å². The molecule has 2 aliphatic heterocycles. The summed E-state index contributed by atoms with van der Waals surface area (Å²) in [7, 11) is 0. The number of hydrogen-bond donors (Lipinski definition) is 5. The molecule has 3 amide bonds. The first-order chi connectivity index (χ1) is 21.6. The van der Waals surface area contributed by atoms with Crippen LogP contribution in [0.25, 0.3) is 21.6 Å². The second kappa shape index (κ2) is 12.1. The topological polar surface area (TPSA) is 173 Å². The molecule has 0 aliphatic carbocycles. The van der Waals surface area contributed by atoms with Crippen molar-refractivity contribution in [1.82, 2.24) is 15.6 Å². The minimum atomic E-state index is -1.37. The first-order valence-electron chi connectivity index (χ1n) is 14.4. The van der Waals surface area contributed by atoms with E-state index < -0.39 is 29.5 Å². The molecule has 45 heavy (non-hydrogen) atoms. The van der Waals surface area contributed by atoms with E-state index in [9.17, 15) is 24.3 Å². The monoisotopic (exact) mass is 625 g/mol. The van der Waals surface area contributed by atoms with Gasteiger partial charge >= 0.3 is 5.97 Å². The number of ether oxygens (including phenoxy) is 1. The third kappa shape index (κ3) is 5.89. The Morgan fingerprint density at radius 3 is 2.53 bits per heavy atom. The molecule has 0 spiro atoms. The van der Waals surface area contributed by atoms with Crippen LogP contribution in [0.15, 0.2) is 47.8 Å². The van der Waals surface area contributed by atoms with E-state index in [4.69, 9.17) is 10.5 Å². The summed E-state index contributed by atoms with van der Waals surface area (Å²) in [5, 5.41) is 20.6. The number of aromatic carboxylic acids is 1. The average Bonchev–Trinajstić information content (AvgIpc) is 3.62. The molecule has 0 bridgehead atoms. The van der Waals surface area contributed by atoms with Gasteiger partial charge < -0.3 is 31.5 Å². The Bertz CT molecular complexity index is 1860. The number of carboxylic acids is 1. The van der Waals surface area contributed by atoms with Gasteiger partial charge in [-0.05, 0) is 71.8 Å². The molecule has 6 N–H and O–H groups in total. The van der Waals surface area contributed by atoms with Crippen molar-refractivity contribution < 1.29 is 29.0 Å². The summed E-state index contributed by atoms with van der Waals surface area (Å²) in [5.41, 5.74) is 11.1. The number of benzene rings is 2. The average molecular weight is 626 g/mol. The highest BCUT2D eigenvalue weighted by Gasteiger charge is 2.28. The molecular formula is C33H31N5O6S. The van der Waals surface area contributed by atoms with Crippen LogP contribution in [0.5, 0.6) is 5.75 Å². The van der Waals surface area contributed by atoms with Crippen LogP contribution in [0.4, 0.5) is 5.69 Å². The molecule has 230 valence electrons. The van der Waals surface area contributed by atoms with E-state index in [0.717, 1.165) is 32.7 Å². The first-order valence-corrected chi connectivity index (χ1v) is 15.3. The van der Waals surface area contributed by atoms with Gasteiger partial charge in [0, 0.05) is 58.7 Å². The summed E-state index contributed by atoms with van der Waals surface area (Å²) in [5.74, 6) is -2.09. The maximum absolute atomic E-state index is 14.1. The summed E-state index contributed by atoms with van der Waals surface area (Å²) in [6.45, 7) is 4.83. The van der Waals surface area contributed by atoms with Gasteiger partial charge in [-0.2, -0.15) is 0 Å². The lowest BCUT2D eigenvalue weighted by Crippen LogP contribution is -2.36. The van der Waals surface area contributed by atoms with Gasteiger partial charge in [0.2, 0.25) is 5.91 Å². The number of aromatic nitrogens is 1. The fourth-order valence-corrected chi connectivity index (χ4v) is 6.79. The number of carbonyl (C=O) groups excluding carboxylic acids is 3. The number of nitrogens with one attached hydrogen (secondary N) is 3. The fraction of sp³-hybridized carbons (Fsp3) is 0.242. The molecule has 1 unspecified atom stereocenters. The van der Waals surface area contributed by atoms with E-state index in [-0.39, 0.29) is 35.7 Å². The number of rotatable bonds is 7. The van der Waals surface area contributed by atoms with E-state index in [1.807, 2.05) is 37.4 Å². The molecular weight excluding hydrogens is 594 g/mol. The smallest absolute Gasteiger partial charge is 0.355 e. The van der Waals surface area contributed by atoms with Crippen LogP contribution in [-0.4, -0.2) is 53.0 Å². The number of carboxylic acid groups (broad SMARTS) is 1. The SMILES string of the molecule is Cc1cc(CN)cc(C)c1NC(=O)c1cc2c(cc1-c1ccc(C(=O)NC3CNC(=O)C3)nc1C(=O)O)OCCc1ccsc1-2. The quantitative estimate of drug-likeness (QED) is 0.205. The first kappa shape index (κ1) is 30.0. The van der Waals surface area contributed by atoms with E-state index in [1.165, 1.54) is 12.1 Å². The number of pyridine rings is 1. The van der Waals surface area contributed by atoms with Crippen molar-refractivity contribution >= 4 is 40.7 Å². The molecule has 6 rings (SSSR count). The Labute approximate surface area is 262 Å². The zero-order valence-electron chi connectivity index (χ0n) is 24.7. The van der Waals surface area contributed by atoms with Crippen molar-refractivity contribution in [2.45, 2.75) is 39.3 Å². The predicted molar refractivity (Wildman–Crippen MR) is 170 cm³/mol. The third-order valence-electron chi connectivity index (χ3n) is 7.98. The zero-order chi connectivity index (χ0) is 31.8. The van der Waals surface area contributed by atoms with Crippen LogP contribution in [0.2, 0.25) is 0 Å². The van der Waals surface area contributed by atoms with Crippen LogP contribution in [-0.2, 0) is 17.8 Å². The predicted octanol–water partition coefficient (Wildman–Crippen LogP) is 4.06. The van der Waals surface area contributed by atoms with Gasteiger partial charge in [0.15, 0.2) is 5.69 Å². The maximum atomic E-state index is 14.1. The fourth-order valence-electron chi connectivity index (χ4n) is 5.81. The molecule has 2 aromatic heterocycles. The largest absolute Gasteiger partial charge is 0.493 e. The Hall–Kier alpha value is -5.07. The lowest BCUT2D eigenvalue weighted by molar-refractivity contribution is -0.119. The van der Waals surface area contributed by atoms with Gasteiger partial charge in [-0.3, -0.25) is 14.4 Å². The molecule has 12 heteroatoms.